The van der Waals surface area contributed by atoms with Crippen molar-refractivity contribution in [2.75, 3.05) is 5.88 Å². The van der Waals surface area contributed by atoms with Crippen molar-refractivity contribution < 1.29 is 4.39 Å². The number of aryl methyl sites for hydroxylation is 1. The van der Waals surface area contributed by atoms with Gasteiger partial charge in [0.1, 0.15) is 11.6 Å². The van der Waals surface area contributed by atoms with Crippen molar-refractivity contribution in [1.82, 2.24) is 9.55 Å². The number of hydrogen-bond donors (Lipinski definition) is 0. The van der Waals surface area contributed by atoms with Crippen LogP contribution >= 0.6 is 27.5 Å². The number of imidazole rings is 1. The molecule has 2 aromatic rings. The Labute approximate surface area is 132 Å². The Morgan fingerprint density at radius 3 is 2.65 bits per heavy atom. The van der Waals surface area contributed by atoms with Gasteiger partial charge in [-0.05, 0) is 33.8 Å². The lowest BCUT2D eigenvalue weighted by Crippen LogP contribution is -2.15. The molecule has 1 aromatic carbocycles. The van der Waals surface area contributed by atoms with Gasteiger partial charge in [-0.25, -0.2) is 9.37 Å². The van der Waals surface area contributed by atoms with E-state index >= 15 is 0 Å². The lowest BCUT2D eigenvalue weighted by atomic mass is 9.98. The minimum Gasteiger partial charge on any atom is -0.328 e. The molecule has 20 heavy (non-hydrogen) atoms. The molecule has 0 aliphatic rings. The van der Waals surface area contributed by atoms with Gasteiger partial charge in [0.2, 0.25) is 0 Å². The van der Waals surface area contributed by atoms with Crippen molar-refractivity contribution in [2.45, 2.75) is 33.7 Å². The highest BCUT2D eigenvalue weighted by Crippen LogP contribution is 2.26. The number of halogens is 3. The van der Waals surface area contributed by atoms with Crippen molar-refractivity contribution >= 4 is 38.6 Å². The maximum Gasteiger partial charge on any atom is 0.139 e. The fourth-order valence-electron chi connectivity index (χ4n) is 2.15. The predicted octanol–water partition coefficient (Wildman–Crippen LogP) is 5.01. The summed E-state index contributed by atoms with van der Waals surface area (Å²) in [5.74, 6) is 2.25. The second kappa shape index (κ2) is 6.44. The van der Waals surface area contributed by atoms with Crippen molar-refractivity contribution in [1.29, 1.82) is 0 Å². The van der Waals surface area contributed by atoms with Crippen molar-refractivity contribution in [3.05, 3.63) is 28.2 Å². The summed E-state index contributed by atoms with van der Waals surface area (Å²) in [6.07, 6.45) is 0.695. The van der Waals surface area contributed by atoms with Gasteiger partial charge in [-0.3, -0.25) is 0 Å². The third kappa shape index (κ3) is 3.17. The Morgan fingerprint density at radius 2 is 2.05 bits per heavy atom. The maximum atomic E-state index is 13.8. The van der Waals surface area contributed by atoms with E-state index in [4.69, 9.17) is 11.6 Å². The van der Waals surface area contributed by atoms with Crippen LogP contribution in [0.1, 0.15) is 26.6 Å². The average molecular weight is 362 g/mol. The third-order valence-corrected chi connectivity index (χ3v) is 4.59. The zero-order valence-electron chi connectivity index (χ0n) is 12.0. The third-order valence-electron chi connectivity index (χ3n) is 3.80. The molecule has 1 unspecified atom stereocenters. The molecule has 0 bridgehead atoms. The molecular formula is C15H19BrClFN2. The zero-order valence-corrected chi connectivity index (χ0v) is 14.3. The number of benzene rings is 1. The van der Waals surface area contributed by atoms with E-state index in [2.05, 4.69) is 46.3 Å². The first-order chi connectivity index (χ1) is 9.43. The average Bonchev–Trinajstić information content (AvgIpc) is 2.68. The molecule has 0 fully saturated rings. The molecule has 2 nitrogen and oxygen atoms in total. The second-order valence-electron chi connectivity index (χ2n) is 5.55. The van der Waals surface area contributed by atoms with Crippen LogP contribution in [0.25, 0.3) is 11.0 Å². The maximum absolute atomic E-state index is 13.8. The molecule has 0 aliphatic carbocycles. The van der Waals surface area contributed by atoms with Crippen LogP contribution in [0, 0.1) is 17.7 Å². The van der Waals surface area contributed by atoms with Gasteiger partial charge in [0.05, 0.1) is 15.5 Å². The van der Waals surface area contributed by atoms with Gasteiger partial charge in [0.15, 0.2) is 0 Å². The van der Waals surface area contributed by atoms with Crippen LogP contribution in [0.4, 0.5) is 4.39 Å². The van der Waals surface area contributed by atoms with Gasteiger partial charge < -0.3 is 4.57 Å². The minimum atomic E-state index is -0.256. The highest BCUT2D eigenvalue weighted by atomic mass is 79.9. The zero-order chi connectivity index (χ0) is 14.9. The van der Waals surface area contributed by atoms with Gasteiger partial charge in [-0.1, -0.05) is 20.8 Å². The molecule has 2 rings (SSSR count). The quantitative estimate of drug-likeness (QED) is 0.684. The summed E-state index contributed by atoms with van der Waals surface area (Å²) in [7, 11) is 0. The Bertz CT molecular complexity index is 609. The van der Waals surface area contributed by atoms with Crippen LogP contribution in [0.15, 0.2) is 16.6 Å². The minimum absolute atomic E-state index is 0.256. The number of fused-ring (bicyclic) bond motifs is 1. The van der Waals surface area contributed by atoms with Crippen molar-refractivity contribution in [3.8, 4) is 0 Å². The number of alkyl halides is 1. The Hall–Kier alpha value is -0.610. The normalized spacial score (nSPS) is 13.3. The van der Waals surface area contributed by atoms with Crippen molar-refractivity contribution in [3.63, 3.8) is 0 Å². The summed E-state index contributed by atoms with van der Waals surface area (Å²) in [6, 6.07) is 3.29. The van der Waals surface area contributed by atoms with E-state index in [-0.39, 0.29) is 5.82 Å². The Kier molecular flexibility index (Phi) is 5.08. The van der Waals surface area contributed by atoms with E-state index < -0.39 is 0 Å². The standard InChI is InChI=1S/C15H19BrClFN2/c1-9(2)10(3)8-20-14-7-12(18)11(16)6-13(14)19-15(20)4-5-17/h6-7,9-10H,4-5,8H2,1-3H3. The lowest BCUT2D eigenvalue weighted by molar-refractivity contribution is 0.364. The lowest BCUT2D eigenvalue weighted by Gasteiger charge is -2.18. The smallest absolute Gasteiger partial charge is 0.139 e. The SMILES string of the molecule is CC(C)C(C)Cn1c(CCCl)nc2cc(Br)c(F)cc21. The highest BCUT2D eigenvalue weighted by Gasteiger charge is 2.16. The number of hydrogen-bond acceptors (Lipinski definition) is 1. The van der Waals surface area contributed by atoms with Crippen LogP contribution < -0.4 is 0 Å². The van der Waals surface area contributed by atoms with E-state index in [9.17, 15) is 4.39 Å². The van der Waals surface area contributed by atoms with E-state index in [0.717, 1.165) is 23.4 Å². The highest BCUT2D eigenvalue weighted by molar-refractivity contribution is 9.10. The van der Waals surface area contributed by atoms with E-state index in [1.54, 1.807) is 12.1 Å². The first-order valence-electron chi connectivity index (χ1n) is 6.84. The number of aromatic nitrogens is 2. The van der Waals surface area contributed by atoms with Gasteiger partial charge >= 0.3 is 0 Å². The van der Waals surface area contributed by atoms with Crippen LogP contribution in [-0.2, 0) is 13.0 Å². The molecule has 0 radical (unpaired) electrons. The van der Waals surface area contributed by atoms with E-state index in [1.165, 1.54) is 0 Å². The van der Waals surface area contributed by atoms with E-state index in [0.29, 0.717) is 28.6 Å². The number of nitrogens with zero attached hydrogens (tertiary/aromatic N) is 2. The Morgan fingerprint density at radius 1 is 1.35 bits per heavy atom. The monoisotopic (exact) mass is 360 g/mol. The summed E-state index contributed by atoms with van der Waals surface area (Å²) >= 11 is 9.07. The fraction of sp³-hybridized carbons (Fsp3) is 0.533. The van der Waals surface area contributed by atoms with Gasteiger partial charge in [0.25, 0.3) is 0 Å². The first-order valence-corrected chi connectivity index (χ1v) is 8.17. The molecule has 0 saturated carbocycles. The molecule has 0 saturated heterocycles. The number of rotatable bonds is 5. The molecule has 1 aromatic heterocycles. The van der Waals surface area contributed by atoms with Crippen LogP contribution in [0.3, 0.4) is 0 Å². The topological polar surface area (TPSA) is 17.8 Å². The van der Waals surface area contributed by atoms with Gasteiger partial charge in [-0.15, -0.1) is 11.6 Å². The van der Waals surface area contributed by atoms with Crippen molar-refractivity contribution in [2.24, 2.45) is 11.8 Å². The summed E-state index contributed by atoms with van der Waals surface area (Å²) in [4.78, 5) is 4.60. The molecule has 5 heteroatoms. The summed E-state index contributed by atoms with van der Waals surface area (Å²) in [6.45, 7) is 7.43. The Balaban J connectivity index is 2.52. The summed E-state index contributed by atoms with van der Waals surface area (Å²) in [5, 5.41) is 0. The molecular weight excluding hydrogens is 343 g/mol. The predicted molar refractivity (Wildman–Crippen MR) is 85.8 cm³/mol. The van der Waals surface area contributed by atoms with E-state index in [1.807, 2.05) is 0 Å². The summed E-state index contributed by atoms with van der Waals surface area (Å²) < 4.78 is 16.4. The van der Waals surface area contributed by atoms with Crippen LogP contribution in [0.2, 0.25) is 0 Å². The largest absolute Gasteiger partial charge is 0.328 e. The molecule has 0 amide bonds. The van der Waals surface area contributed by atoms with Crippen LogP contribution in [0.5, 0.6) is 0 Å². The van der Waals surface area contributed by atoms with Crippen LogP contribution in [-0.4, -0.2) is 15.4 Å². The molecule has 1 atom stereocenters. The second-order valence-corrected chi connectivity index (χ2v) is 6.79. The molecule has 110 valence electrons. The van der Waals surface area contributed by atoms with Gasteiger partial charge in [-0.2, -0.15) is 0 Å². The molecule has 0 aliphatic heterocycles. The van der Waals surface area contributed by atoms with Gasteiger partial charge in [0, 0.05) is 24.9 Å². The summed E-state index contributed by atoms with van der Waals surface area (Å²) in [5.41, 5.74) is 1.66. The first kappa shape index (κ1) is 15.8. The molecule has 0 N–H and O–H groups in total. The molecule has 0 spiro atoms. The molecule has 1 heterocycles. The fourth-order valence-corrected chi connectivity index (χ4v) is 2.65.